The minimum atomic E-state index is -0.387. The maximum absolute atomic E-state index is 12.1. The van der Waals surface area contributed by atoms with E-state index in [9.17, 15) is 9.90 Å². The van der Waals surface area contributed by atoms with E-state index in [-0.39, 0.29) is 23.0 Å². The fraction of sp³-hybridized carbons (Fsp3) is 0.200. The highest BCUT2D eigenvalue weighted by Crippen LogP contribution is 2.29. The van der Waals surface area contributed by atoms with Crippen LogP contribution in [-0.4, -0.2) is 30.2 Å². The standard InChI is InChI=1S/C15H16N2O4/c1-20-12-5-3-4-11(14(12)18)15(19)17-9-10-6-7-13(21-2)16-8-10/h3-8,18H,9H2,1-2H3,(H,17,19). The van der Waals surface area contributed by atoms with Crippen LogP contribution in [0.1, 0.15) is 15.9 Å². The molecule has 0 saturated heterocycles. The summed E-state index contributed by atoms with van der Waals surface area (Å²) in [5, 5.41) is 12.6. The molecule has 6 nitrogen and oxygen atoms in total. The summed E-state index contributed by atoms with van der Waals surface area (Å²) in [5.74, 6) is 0.205. The molecule has 0 spiro atoms. The molecule has 0 atom stereocenters. The molecule has 0 aliphatic heterocycles. The van der Waals surface area contributed by atoms with E-state index in [1.54, 1.807) is 30.5 Å². The second kappa shape index (κ2) is 6.60. The number of nitrogens with one attached hydrogen (secondary N) is 1. The Hall–Kier alpha value is -2.76. The van der Waals surface area contributed by atoms with Gasteiger partial charge in [-0.1, -0.05) is 12.1 Å². The molecule has 0 bridgehead atoms. The first-order valence-electron chi connectivity index (χ1n) is 6.28. The van der Waals surface area contributed by atoms with E-state index >= 15 is 0 Å². The number of pyridine rings is 1. The number of benzene rings is 1. The third kappa shape index (κ3) is 3.42. The zero-order valence-corrected chi connectivity index (χ0v) is 11.8. The lowest BCUT2D eigenvalue weighted by Gasteiger charge is -2.09. The molecule has 1 heterocycles. The predicted octanol–water partition coefficient (Wildman–Crippen LogP) is 1.73. The van der Waals surface area contributed by atoms with Crippen molar-refractivity contribution in [3.63, 3.8) is 0 Å². The molecule has 0 unspecified atom stereocenters. The van der Waals surface area contributed by atoms with Crippen LogP contribution in [0.4, 0.5) is 0 Å². The maximum Gasteiger partial charge on any atom is 0.255 e. The molecular weight excluding hydrogens is 272 g/mol. The van der Waals surface area contributed by atoms with Crippen LogP contribution in [0.5, 0.6) is 17.4 Å². The van der Waals surface area contributed by atoms with Gasteiger partial charge in [-0.3, -0.25) is 4.79 Å². The van der Waals surface area contributed by atoms with Gasteiger partial charge in [-0.2, -0.15) is 0 Å². The average Bonchev–Trinajstić information content (AvgIpc) is 2.53. The molecule has 6 heteroatoms. The Kier molecular flexibility index (Phi) is 4.61. The Balaban J connectivity index is 2.04. The monoisotopic (exact) mass is 288 g/mol. The molecular formula is C15H16N2O4. The van der Waals surface area contributed by atoms with Crippen molar-refractivity contribution < 1.29 is 19.4 Å². The molecule has 1 aromatic carbocycles. The van der Waals surface area contributed by atoms with Crippen molar-refractivity contribution in [2.24, 2.45) is 0 Å². The zero-order valence-electron chi connectivity index (χ0n) is 11.8. The fourth-order valence-electron chi connectivity index (χ4n) is 1.78. The molecule has 0 aliphatic carbocycles. The number of amides is 1. The molecule has 0 saturated carbocycles. The van der Waals surface area contributed by atoms with E-state index in [4.69, 9.17) is 9.47 Å². The molecule has 0 fully saturated rings. The summed E-state index contributed by atoms with van der Waals surface area (Å²) in [4.78, 5) is 16.1. The van der Waals surface area contributed by atoms with Crippen molar-refractivity contribution in [2.45, 2.75) is 6.54 Å². The van der Waals surface area contributed by atoms with Gasteiger partial charge in [0.15, 0.2) is 11.5 Å². The van der Waals surface area contributed by atoms with Gasteiger partial charge in [-0.25, -0.2) is 4.98 Å². The van der Waals surface area contributed by atoms with Crippen LogP contribution < -0.4 is 14.8 Å². The van der Waals surface area contributed by atoms with Crippen LogP contribution >= 0.6 is 0 Å². The van der Waals surface area contributed by atoms with E-state index in [1.165, 1.54) is 20.3 Å². The molecule has 2 N–H and O–H groups in total. The second-order valence-corrected chi connectivity index (χ2v) is 4.25. The molecule has 2 aromatic rings. The van der Waals surface area contributed by atoms with Gasteiger partial charge in [0.25, 0.3) is 5.91 Å². The van der Waals surface area contributed by atoms with E-state index in [1.807, 2.05) is 0 Å². The van der Waals surface area contributed by atoms with Gasteiger partial charge in [0, 0.05) is 18.8 Å². The van der Waals surface area contributed by atoms with Crippen LogP contribution in [0.2, 0.25) is 0 Å². The van der Waals surface area contributed by atoms with Gasteiger partial charge in [0.1, 0.15) is 0 Å². The number of methoxy groups -OCH3 is 2. The zero-order chi connectivity index (χ0) is 15.2. The topological polar surface area (TPSA) is 80.7 Å². The van der Waals surface area contributed by atoms with Crippen molar-refractivity contribution in [3.05, 3.63) is 47.7 Å². The minimum Gasteiger partial charge on any atom is -0.504 e. The van der Waals surface area contributed by atoms with Crippen molar-refractivity contribution in [1.82, 2.24) is 10.3 Å². The number of hydrogen-bond acceptors (Lipinski definition) is 5. The highest BCUT2D eigenvalue weighted by molar-refractivity contribution is 5.97. The van der Waals surface area contributed by atoms with Crippen molar-refractivity contribution in [3.8, 4) is 17.4 Å². The van der Waals surface area contributed by atoms with Crippen molar-refractivity contribution in [1.29, 1.82) is 0 Å². The summed E-state index contributed by atoms with van der Waals surface area (Å²) >= 11 is 0. The first-order valence-corrected chi connectivity index (χ1v) is 6.28. The van der Waals surface area contributed by atoms with Gasteiger partial charge >= 0.3 is 0 Å². The van der Waals surface area contributed by atoms with Crippen LogP contribution in [0, 0.1) is 0 Å². The Morgan fingerprint density at radius 1 is 1.24 bits per heavy atom. The maximum atomic E-state index is 12.1. The number of para-hydroxylation sites is 1. The Bertz CT molecular complexity index is 626. The van der Waals surface area contributed by atoms with Gasteiger partial charge in [-0.05, 0) is 17.7 Å². The Morgan fingerprint density at radius 2 is 2.05 bits per heavy atom. The SMILES string of the molecule is COc1ccc(CNC(=O)c2cccc(OC)c2O)cn1. The molecule has 2 rings (SSSR count). The lowest BCUT2D eigenvalue weighted by molar-refractivity contribution is 0.0947. The molecule has 0 radical (unpaired) electrons. The third-order valence-corrected chi connectivity index (χ3v) is 2.92. The summed E-state index contributed by atoms with van der Waals surface area (Å²) < 4.78 is 9.93. The predicted molar refractivity (Wildman–Crippen MR) is 76.6 cm³/mol. The largest absolute Gasteiger partial charge is 0.504 e. The fourth-order valence-corrected chi connectivity index (χ4v) is 1.78. The summed E-state index contributed by atoms with van der Waals surface area (Å²) in [6, 6.07) is 8.27. The van der Waals surface area contributed by atoms with Crippen molar-refractivity contribution >= 4 is 5.91 Å². The lowest BCUT2D eigenvalue weighted by Crippen LogP contribution is -2.23. The number of carbonyl (C=O) groups excluding carboxylic acids is 1. The highest BCUT2D eigenvalue weighted by atomic mass is 16.5. The third-order valence-electron chi connectivity index (χ3n) is 2.92. The van der Waals surface area contributed by atoms with Gasteiger partial charge in [0.2, 0.25) is 5.88 Å². The number of hydrogen-bond donors (Lipinski definition) is 2. The number of carbonyl (C=O) groups is 1. The van der Waals surface area contributed by atoms with Crippen LogP contribution in [0.3, 0.4) is 0 Å². The summed E-state index contributed by atoms with van der Waals surface area (Å²) in [6.07, 6.45) is 1.62. The van der Waals surface area contributed by atoms with E-state index in [0.717, 1.165) is 5.56 Å². The minimum absolute atomic E-state index is 0.163. The number of aromatic hydroxyl groups is 1. The number of aromatic nitrogens is 1. The van der Waals surface area contributed by atoms with E-state index < -0.39 is 0 Å². The van der Waals surface area contributed by atoms with Crippen molar-refractivity contribution in [2.75, 3.05) is 14.2 Å². The number of ether oxygens (including phenoxy) is 2. The Labute approximate surface area is 122 Å². The second-order valence-electron chi connectivity index (χ2n) is 4.25. The average molecular weight is 288 g/mol. The first-order chi connectivity index (χ1) is 10.2. The molecule has 1 aromatic heterocycles. The molecule has 0 aliphatic rings. The summed E-state index contributed by atoms with van der Waals surface area (Å²) in [5.41, 5.74) is 0.988. The normalized spacial score (nSPS) is 10.0. The van der Waals surface area contributed by atoms with E-state index in [0.29, 0.717) is 12.4 Å². The number of nitrogens with zero attached hydrogens (tertiary/aromatic N) is 1. The van der Waals surface area contributed by atoms with E-state index in [2.05, 4.69) is 10.3 Å². The smallest absolute Gasteiger partial charge is 0.255 e. The van der Waals surface area contributed by atoms with Crippen LogP contribution in [-0.2, 0) is 6.54 Å². The van der Waals surface area contributed by atoms with Crippen LogP contribution in [0.25, 0.3) is 0 Å². The summed E-state index contributed by atoms with van der Waals surface area (Å²) in [6.45, 7) is 0.298. The van der Waals surface area contributed by atoms with Crippen LogP contribution in [0.15, 0.2) is 36.5 Å². The number of phenolic OH excluding ortho intramolecular Hbond substituents is 1. The molecule has 21 heavy (non-hydrogen) atoms. The quantitative estimate of drug-likeness (QED) is 0.876. The summed E-state index contributed by atoms with van der Waals surface area (Å²) in [7, 11) is 2.97. The molecule has 1 amide bonds. The number of phenols is 1. The van der Waals surface area contributed by atoms with Gasteiger partial charge in [-0.15, -0.1) is 0 Å². The number of rotatable bonds is 5. The first kappa shape index (κ1) is 14.6. The highest BCUT2D eigenvalue weighted by Gasteiger charge is 2.14. The molecule has 110 valence electrons. The lowest BCUT2D eigenvalue weighted by atomic mass is 10.1. The van der Waals surface area contributed by atoms with Gasteiger partial charge < -0.3 is 19.9 Å². The Morgan fingerprint density at radius 3 is 2.67 bits per heavy atom. The van der Waals surface area contributed by atoms with Gasteiger partial charge in [0.05, 0.1) is 19.8 Å².